The zero-order valence-corrected chi connectivity index (χ0v) is 16.9. The molecule has 3 rings (SSSR count). The first kappa shape index (κ1) is 19.9. The number of phenols is 1. The number of rotatable bonds is 3. The predicted molar refractivity (Wildman–Crippen MR) is 104 cm³/mol. The van der Waals surface area contributed by atoms with E-state index in [-0.39, 0.29) is 58.3 Å². The maximum absolute atomic E-state index is 12.8. The number of carbonyl (C=O) groups excluding carboxylic acids is 1. The van der Waals surface area contributed by atoms with Crippen LogP contribution in [-0.2, 0) is 10.0 Å². The first-order chi connectivity index (χ1) is 12.7. The van der Waals surface area contributed by atoms with Gasteiger partial charge in [0.15, 0.2) is 0 Å². The van der Waals surface area contributed by atoms with E-state index in [1.165, 1.54) is 33.5 Å². The Balaban J connectivity index is 1.73. The molecule has 1 heterocycles. The lowest BCUT2D eigenvalue weighted by atomic mass is 10.1. The molecule has 2 aromatic carbocycles. The van der Waals surface area contributed by atoms with Gasteiger partial charge < -0.3 is 10.0 Å². The van der Waals surface area contributed by atoms with E-state index < -0.39 is 10.0 Å². The Hall–Kier alpha value is -1.80. The number of benzene rings is 2. The van der Waals surface area contributed by atoms with Crippen LogP contribution in [0.25, 0.3) is 0 Å². The fourth-order valence-electron chi connectivity index (χ4n) is 2.91. The van der Waals surface area contributed by atoms with Gasteiger partial charge in [-0.25, -0.2) is 8.42 Å². The molecule has 1 aliphatic heterocycles. The minimum absolute atomic E-state index is 0.0630. The summed E-state index contributed by atoms with van der Waals surface area (Å²) >= 11 is 11.8. The normalized spacial score (nSPS) is 15.7. The summed E-state index contributed by atoms with van der Waals surface area (Å²) in [4.78, 5) is 14.2. The summed E-state index contributed by atoms with van der Waals surface area (Å²) in [5, 5.41) is 10.4. The highest BCUT2D eigenvalue weighted by molar-refractivity contribution is 7.89. The molecule has 1 N–H and O–H groups in total. The van der Waals surface area contributed by atoms with E-state index in [4.69, 9.17) is 23.2 Å². The van der Waals surface area contributed by atoms with Crippen LogP contribution >= 0.6 is 23.2 Å². The number of halogens is 2. The van der Waals surface area contributed by atoms with Crippen LogP contribution in [0.5, 0.6) is 5.75 Å². The Kier molecular flexibility index (Phi) is 5.67. The number of hydrogen-bond donors (Lipinski definition) is 1. The third-order valence-corrected chi connectivity index (χ3v) is 7.07. The van der Waals surface area contributed by atoms with Crippen molar-refractivity contribution >= 4 is 39.1 Å². The lowest BCUT2D eigenvalue weighted by Gasteiger charge is -2.34. The molecule has 27 heavy (non-hydrogen) atoms. The molecule has 0 spiro atoms. The van der Waals surface area contributed by atoms with E-state index in [2.05, 4.69) is 0 Å². The molecule has 1 aliphatic rings. The van der Waals surface area contributed by atoms with E-state index >= 15 is 0 Å². The first-order valence-corrected chi connectivity index (χ1v) is 10.4. The number of sulfonamides is 1. The van der Waals surface area contributed by atoms with Gasteiger partial charge in [-0.3, -0.25) is 4.79 Å². The molecule has 0 unspecified atom stereocenters. The lowest BCUT2D eigenvalue weighted by Crippen LogP contribution is -2.50. The Bertz CT molecular complexity index is 987. The highest BCUT2D eigenvalue weighted by Crippen LogP contribution is 2.27. The second kappa shape index (κ2) is 7.67. The molecule has 0 atom stereocenters. The van der Waals surface area contributed by atoms with Crippen molar-refractivity contribution in [3.05, 3.63) is 57.6 Å². The summed E-state index contributed by atoms with van der Waals surface area (Å²) in [5.41, 5.74) is 1.08. The van der Waals surface area contributed by atoms with E-state index in [0.717, 1.165) is 5.56 Å². The number of aromatic hydroxyl groups is 1. The standard InChI is InChI=1S/C18H18Cl2N2O4S/c1-12-2-5-17(23)14(10-12)18(24)21-6-8-22(9-7-21)27(25,26)13-3-4-15(19)16(20)11-13/h2-5,10-11,23H,6-9H2,1H3. The fourth-order valence-corrected chi connectivity index (χ4v) is 4.72. The minimum Gasteiger partial charge on any atom is -0.507 e. The Labute approximate surface area is 168 Å². The van der Waals surface area contributed by atoms with Gasteiger partial charge in [0.1, 0.15) is 5.75 Å². The van der Waals surface area contributed by atoms with Crippen molar-refractivity contribution in [1.82, 2.24) is 9.21 Å². The van der Waals surface area contributed by atoms with Crippen molar-refractivity contribution in [1.29, 1.82) is 0 Å². The van der Waals surface area contributed by atoms with E-state index in [1.54, 1.807) is 12.1 Å². The molecule has 6 nitrogen and oxygen atoms in total. The van der Waals surface area contributed by atoms with Crippen LogP contribution in [0.1, 0.15) is 15.9 Å². The second-order valence-electron chi connectivity index (χ2n) is 6.29. The average Bonchev–Trinajstić information content (AvgIpc) is 2.65. The quantitative estimate of drug-likeness (QED) is 0.813. The van der Waals surface area contributed by atoms with Gasteiger partial charge in [-0.2, -0.15) is 4.31 Å². The summed E-state index contributed by atoms with van der Waals surface area (Å²) in [7, 11) is -3.73. The van der Waals surface area contributed by atoms with Gasteiger partial charge in [-0.1, -0.05) is 34.8 Å². The maximum atomic E-state index is 12.8. The van der Waals surface area contributed by atoms with Gasteiger partial charge in [0.05, 0.1) is 20.5 Å². The molecule has 1 amide bonds. The van der Waals surface area contributed by atoms with E-state index in [9.17, 15) is 18.3 Å². The zero-order valence-electron chi connectivity index (χ0n) is 14.5. The zero-order chi connectivity index (χ0) is 19.8. The van der Waals surface area contributed by atoms with Crippen LogP contribution in [0.3, 0.4) is 0 Å². The predicted octanol–water partition coefficient (Wildman–Crippen LogP) is 3.15. The monoisotopic (exact) mass is 428 g/mol. The van der Waals surface area contributed by atoms with Crippen LogP contribution in [0, 0.1) is 6.92 Å². The molecular formula is C18H18Cl2N2O4S. The molecular weight excluding hydrogens is 411 g/mol. The van der Waals surface area contributed by atoms with Crippen LogP contribution in [-0.4, -0.2) is 54.8 Å². The number of piperazine rings is 1. The van der Waals surface area contributed by atoms with Gasteiger partial charge in [-0.05, 0) is 37.3 Å². The van der Waals surface area contributed by atoms with Crippen LogP contribution < -0.4 is 0 Å². The van der Waals surface area contributed by atoms with Crippen molar-refractivity contribution in [3.63, 3.8) is 0 Å². The highest BCUT2D eigenvalue weighted by atomic mass is 35.5. The summed E-state index contributed by atoms with van der Waals surface area (Å²) in [6.45, 7) is 2.60. The number of nitrogens with zero attached hydrogens (tertiary/aromatic N) is 2. The Morgan fingerprint density at radius 1 is 1.00 bits per heavy atom. The van der Waals surface area contributed by atoms with Gasteiger partial charge in [0, 0.05) is 26.2 Å². The largest absolute Gasteiger partial charge is 0.507 e. The molecule has 144 valence electrons. The highest BCUT2D eigenvalue weighted by Gasteiger charge is 2.31. The topological polar surface area (TPSA) is 77.9 Å². The van der Waals surface area contributed by atoms with Crippen molar-refractivity contribution < 1.29 is 18.3 Å². The van der Waals surface area contributed by atoms with Crippen molar-refractivity contribution in [2.75, 3.05) is 26.2 Å². The van der Waals surface area contributed by atoms with Gasteiger partial charge >= 0.3 is 0 Å². The van der Waals surface area contributed by atoms with Crippen LogP contribution in [0.4, 0.5) is 0 Å². The number of aryl methyl sites for hydroxylation is 1. The Morgan fingerprint density at radius 2 is 1.67 bits per heavy atom. The Morgan fingerprint density at radius 3 is 2.30 bits per heavy atom. The molecule has 0 aromatic heterocycles. The van der Waals surface area contributed by atoms with Gasteiger partial charge in [0.2, 0.25) is 10.0 Å². The van der Waals surface area contributed by atoms with Crippen molar-refractivity contribution in [3.8, 4) is 5.75 Å². The number of carbonyl (C=O) groups is 1. The van der Waals surface area contributed by atoms with E-state index in [0.29, 0.717) is 0 Å². The average molecular weight is 429 g/mol. The number of phenolic OH excluding ortho intramolecular Hbond substituents is 1. The summed E-state index contributed by atoms with van der Waals surface area (Å²) < 4.78 is 26.9. The minimum atomic E-state index is -3.73. The first-order valence-electron chi connectivity index (χ1n) is 8.24. The SMILES string of the molecule is Cc1ccc(O)c(C(=O)N2CCN(S(=O)(=O)c3ccc(Cl)c(Cl)c3)CC2)c1. The van der Waals surface area contributed by atoms with Crippen LogP contribution in [0.15, 0.2) is 41.3 Å². The number of hydrogen-bond acceptors (Lipinski definition) is 4. The van der Waals surface area contributed by atoms with Crippen LogP contribution in [0.2, 0.25) is 10.0 Å². The lowest BCUT2D eigenvalue weighted by molar-refractivity contribution is 0.0694. The third kappa shape index (κ3) is 4.06. The second-order valence-corrected chi connectivity index (χ2v) is 9.05. The van der Waals surface area contributed by atoms with Crippen molar-refractivity contribution in [2.45, 2.75) is 11.8 Å². The third-order valence-electron chi connectivity index (χ3n) is 4.44. The molecule has 0 saturated carbocycles. The molecule has 2 aromatic rings. The summed E-state index contributed by atoms with van der Waals surface area (Å²) in [6.07, 6.45) is 0. The number of amides is 1. The maximum Gasteiger partial charge on any atom is 0.257 e. The molecule has 0 aliphatic carbocycles. The molecule has 0 radical (unpaired) electrons. The molecule has 9 heteroatoms. The van der Waals surface area contributed by atoms with Gasteiger partial charge in [0.25, 0.3) is 5.91 Å². The van der Waals surface area contributed by atoms with Gasteiger partial charge in [-0.15, -0.1) is 0 Å². The molecule has 1 saturated heterocycles. The van der Waals surface area contributed by atoms with E-state index in [1.807, 2.05) is 6.92 Å². The smallest absolute Gasteiger partial charge is 0.257 e. The summed E-state index contributed by atoms with van der Waals surface area (Å²) in [6, 6.07) is 8.99. The van der Waals surface area contributed by atoms with Crippen molar-refractivity contribution in [2.24, 2.45) is 0 Å². The summed E-state index contributed by atoms with van der Waals surface area (Å²) in [5.74, 6) is -0.403. The fraction of sp³-hybridized carbons (Fsp3) is 0.278. The molecule has 0 bridgehead atoms. The molecule has 1 fully saturated rings.